The van der Waals surface area contributed by atoms with Crippen LogP contribution in [0.1, 0.15) is 5.56 Å². The number of rotatable bonds is 2. The van der Waals surface area contributed by atoms with E-state index in [1.54, 1.807) is 0 Å². The summed E-state index contributed by atoms with van der Waals surface area (Å²) in [5.74, 6) is -1.75. The van der Waals surface area contributed by atoms with Crippen molar-refractivity contribution < 1.29 is 14.3 Å². The first-order chi connectivity index (χ1) is 5.61. The molecule has 12 heavy (non-hydrogen) atoms. The minimum absolute atomic E-state index is 0.165. The van der Waals surface area contributed by atoms with Crippen molar-refractivity contribution in [1.82, 2.24) is 4.98 Å². The predicted molar refractivity (Wildman–Crippen MR) is 40.9 cm³/mol. The van der Waals surface area contributed by atoms with Crippen LogP contribution < -0.4 is 0 Å². The Labute approximate surface area is 68.2 Å². The fourth-order valence-corrected chi connectivity index (χ4v) is 0.700. The van der Waals surface area contributed by atoms with E-state index in [1.165, 1.54) is 6.20 Å². The Balaban J connectivity index is 3.04. The monoisotopic (exact) mass is 167 g/mol. The molecule has 1 heterocycles. The summed E-state index contributed by atoms with van der Waals surface area (Å²) in [7, 11) is 0. The van der Waals surface area contributed by atoms with Gasteiger partial charge >= 0.3 is 5.97 Å². The van der Waals surface area contributed by atoms with Gasteiger partial charge in [-0.1, -0.05) is 6.58 Å². The second kappa shape index (κ2) is 3.13. The third kappa shape index (κ3) is 1.66. The minimum atomic E-state index is -1.18. The van der Waals surface area contributed by atoms with E-state index in [2.05, 4.69) is 11.6 Å². The van der Waals surface area contributed by atoms with Crippen LogP contribution in [0.5, 0.6) is 0 Å². The molecule has 1 N–H and O–H groups in total. The molecule has 0 aliphatic rings. The van der Waals surface area contributed by atoms with Crippen LogP contribution in [0.3, 0.4) is 0 Å². The molecule has 0 saturated heterocycles. The van der Waals surface area contributed by atoms with Gasteiger partial charge in [-0.3, -0.25) is 4.98 Å². The molecule has 0 spiro atoms. The van der Waals surface area contributed by atoms with Crippen molar-refractivity contribution in [3.8, 4) is 0 Å². The summed E-state index contributed by atoms with van der Waals surface area (Å²) < 4.78 is 12.5. The van der Waals surface area contributed by atoms with E-state index < -0.39 is 11.8 Å². The van der Waals surface area contributed by atoms with Crippen LogP contribution >= 0.6 is 0 Å². The Morgan fingerprint density at radius 3 is 2.75 bits per heavy atom. The maximum Gasteiger partial charge on any atom is 0.335 e. The Hall–Kier alpha value is -1.71. The van der Waals surface area contributed by atoms with Gasteiger partial charge in [-0.25, -0.2) is 9.18 Å². The largest absolute Gasteiger partial charge is 0.478 e. The van der Waals surface area contributed by atoms with Crippen molar-refractivity contribution in [3.63, 3.8) is 0 Å². The second-order valence-electron chi connectivity index (χ2n) is 2.18. The topological polar surface area (TPSA) is 50.2 Å². The zero-order valence-corrected chi connectivity index (χ0v) is 6.12. The highest BCUT2D eigenvalue weighted by Crippen LogP contribution is 2.11. The number of hydrogen-bond acceptors (Lipinski definition) is 2. The number of aliphatic carboxylic acids is 1. The zero-order chi connectivity index (χ0) is 9.14. The molecule has 1 rings (SSSR count). The van der Waals surface area contributed by atoms with Crippen LogP contribution in [0.25, 0.3) is 5.57 Å². The van der Waals surface area contributed by atoms with Crippen LogP contribution in [-0.4, -0.2) is 16.1 Å². The lowest BCUT2D eigenvalue weighted by atomic mass is 10.1. The fraction of sp³-hybridized carbons (Fsp3) is 0. The van der Waals surface area contributed by atoms with E-state index >= 15 is 0 Å². The van der Waals surface area contributed by atoms with Crippen molar-refractivity contribution in [2.75, 3.05) is 0 Å². The summed E-state index contributed by atoms with van der Waals surface area (Å²) in [6, 6.07) is 1.07. The lowest BCUT2D eigenvalue weighted by Crippen LogP contribution is -1.98. The average Bonchev–Trinajstić information content (AvgIpc) is 2.03. The minimum Gasteiger partial charge on any atom is -0.478 e. The number of carbonyl (C=O) groups is 1. The molecule has 0 radical (unpaired) electrons. The SMILES string of the molecule is C=C(C(=O)O)c1cncc(F)c1. The highest BCUT2D eigenvalue weighted by molar-refractivity contribution is 6.14. The van der Waals surface area contributed by atoms with Gasteiger partial charge in [0.05, 0.1) is 11.8 Å². The van der Waals surface area contributed by atoms with Crippen molar-refractivity contribution >= 4 is 11.5 Å². The van der Waals surface area contributed by atoms with E-state index in [0.29, 0.717) is 0 Å². The molecule has 0 unspecified atom stereocenters. The molecule has 0 aliphatic carbocycles. The molecule has 0 bridgehead atoms. The van der Waals surface area contributed by atoms with Crippen molar-refractivity contribution in [3.05, 3.63) is 36.4 Å². The van der Waals surface area contributed by atoms with E-state index in [-0.39, 0.29) is 11.1 Å². The Morgan fingerprint density at radius 2 is 2.25 bits per heavy atom. The van der Waals surface area contributed by atoms with Gasteiger partial charge in [-0.2, -0.15) is 0 Å². The van der Waals surface area contributed by atoms with Gasteiger partial charge in [0.25, 0.3) is 0 Å². The zero-order valence-electron chi connectivity index (χ0n) is 6.12. The Bertz CT molecular complexity index is 336. The molecule has 0 saturated carbocycles. The predicted octanol–water partition coefficient (Wildman–Crippen LogP) is 1.32. The highest BCUT2D eigenvalue weighted by atomic mass is 19.1. The average molecular weight is 167 g/mol. The molecular weight excluding hydrogens is 161 g/mol. The summed E-state index contributed by atoms with van der Waals surface area (Å²) in [6.45, 7) is 3.26. The number of nitrogens with zero attached hydrogens (tertiary/aromatic N) is 1. The van der Waals surface area contributed by atoms with Crippen LogP contribution in [0.15, 0.2) is 25.0 Å². The highest BCUT2D eigenvalue weighted by Gasteiger charge is 2.07. The van der Waals surface area contributed by atoms with Crippen LogP contribution in [-0.2, 0) is 4.79 Å². The van der Waals surface area contributed by atoms with Gasteiger partial charge in [0.1, 0.15) is 5.82 Å². The van der Waals surface area contributed by atoms with Crippen molar-refractivity contribution in [1.29, 1.82) is 0 Å². The van der Waals surface area contributed by atoms with Gasteiger partial charge in [0.2, 0.25) is 0 Å². The quantitative estimate of drug-likeness (QED) is 0.676. The van der Waals surface area contributed by atoms with E-state index in [4.69, 9.17) is 5.11 Å². The Morgan fingerprint density at radius 1 is 1.58 bits per heavy atom. The van der Waals surface area contributed by atoms with Gasteiger partial charge in [-0.05, 0) is 6.07 Å². The first-order valence-corrected chi connectivity index (χ1v) is 3.14. The molecule has 4 heteroatoms. The summed E-state index contributed by atoms with van der Waals surface area (Å²) in [4.78, 5) is 13.8. The number of aromatic nitrogens is 1. The Kier molecular flexibility index (Phi) is 2.19. The molecule has 0 fully saturated rings. The maximum absolute atomic E-state index is 12.5. The van der Waals surface area contributed by atoms with Crippen molar-refractivity contribution in [2.45, 2.75) is 0 Å². The van der Waals surface area contributed by atoms with Crippen LogP contribution in [0, 0.1) is 5.82 Å². The number of pyridine rings is 1. The first kappa shape index (κ1) is 8.39. The molecule has 1 aromatic heterocycles. The third-order valence-corrected chi connectivity index (χ3v) is 1.31. The van der Waals surface area contributed by atoms with Gasteiger partial charge in [-0.15, -0.1) is 0 Å². The van der Waals surface area contributed by atoms with Crippen molar-refractivity contribution in [2.24, 2.45) is 0 Å². The van der Waals surface area contributed by atoms with Gasteiger partial charge < -0.3 is 5.11 Å². The van der Waals surface area contributed by atoms with Gasteiger partial charge in [0.15, 0.2) is 0 Å². The lowest BCUT2D eigenvalue weighted by molar-refractivity contribution is -0.130. The first-order valence-electron chi connectivity index (χ1n) is 3.14. The van der Waals surface area contributed by atoms with E-state index in [1.807, 2.05) is 0 Å². The number of carboxylic acid groups (broad SMARTS) is 1. The second-order valence-corrected chi connectivity index (χ2v) is 2.18. The standard InChI is InChI=1S/C8H6FNO2/c1-5(8(11)12)6-2-7(9)4-10-3-6/h2-4H,1H2,(H,11,12). The van der Waals surface area contributed by atoms with Crippen LogP contribution in [0.4, 0.5) is 4.39 Å². The molecule has 0 aliphatic heterocycles. The van der Waals surface area contributed by atoms with E-state index in [9.17, 15) is 9.18 Å². The molecule has 0 amide bonds. The normalized spacial score (nSPS) is 9.42. The lowest BCUT2D eigenvalue weighted by Gasteiger charge is -1.98. The molecule has 62 valence electrons. The summed E-state index contributed by atoms with van der Waals surface area (Å²) >= 11 is 0. The fourth-order valence-electron chi connectivity index (χ4n) is 0.700. The summed E-state index contributed by atoms with van der Waals surface area (Å²) in [6.07, 6.45) is 2.25. The number of carboxylic acids is 1. The molecular formula is C8H6FNO2. The maximum atomic E-state index is 12.5. The smallest absolute Gasteiger partial charge is 0.335 e. The number of halogens is 1. The summed E-state index contributed by atoms with van der Waals surface area (Å²) in [5, 5.41) is 8.48. The van der Waals surface area contributed by atoms with Crippen LogP contribution in [0.2, 0.25) is 0 Å². The molecule has 0 atom stereocenters. The molecule has 0 aromatic carbocycles. The third-order valence-electron chi connectivity index (χ3n) is 1.31. The van der Waals surface area contributed by atoms with E-state index in [0.717, 1.165) is 12.3 Å². The molecule has 3 nitrogen and oxygen atoms in total. The summed E-state index contributed by atoms with van der Waals surface area (Å²) in [5.41, 5.74) is 0.0181. The number of hydrogen-bond donors (Lipinski definition) is 1. The van der Waals surface area contributed by atoms with Gasteiger partial charge in [0, 0.05) is 11.8 Å². The molecule has 1 aromatic rings.